The Kier molecular flexibility index (Phi) is 5.73. The average molecular weight is 419 g/mol. The van der Waals surface area contributed by atoms with Gasteiger partial charge in [-0.2, -0.15) is 0 Å². The summed E-state index contributed by atoms with van der Waals surface area (Å²) in [6, 6.07) is 8.33. The normalized spacial score (nSPS) is 16.8. The molecule has 0 bridgehead atoms. The Bertz CT molecular complexity index is 1090. The van der Waals surface area contributed by atoms with Crippen molar-refractivity contribution < 1.29 is 23.1 Å². The number of carboxylic acid groups (broad SMARTS) is 1. The molecule has 1 unspecified atom stereocenters. The van der Waals surface area contributed by atoms with Crippen LogP contribution in [0.25, 0.3) is 0 Å². The molecular weight excluding hydrogens is 398 g/mol. The zero-order valence-electron chi connectivity index (χ0n) is 15.7. The fraction of sp³-hybridized carbons (Fsp3) is 0.316. The molecule has 1 aliphatic heterocycles. The van der Waals surface area contributed by atoms with Gasteiger partial charge >= 0.3 is 5.97 Å². The highest BCUT2D eigenvalue weighted by atomic mass is 32.2. The molecule has 10 heteroatoms. The Morgan fingerprint density at radius 1 is 1.17 bits per heavy atom. The van der Waals surface area contributed by atoms with Crippen LogP contribution in [-0.2, 0) is 26.2 Å². The van der Waals surface area contributed by atoms with Crippen molar-refractivity contribution in [3.05, 3.63) is 52.9 Å². The molecule has 0 saturated carbocycles. The van der Waals surface area contributed by atoms with Crippen molar-refractivity contribution in [1.29, 1.82) is 0 Å². The first-order chi connectivity index (χ1) is 13.7. The first-order valence-electron chi connectivity index (χ1n) is 9.08. The second-order valence-electron chi connectivity index (χ2n) is 6.79. The number of carbonyl (C=O) groups is 2. The van der Waals surface area contributed by atoms with Crippen LogP contribution in [0.3, 0.4) is 0 Å². The van der Waals surface area contributed by atoms with Crippen LogP contribution < -0.4 is 15.2 Å². The Balaban J connectivity index is 1.79. The summed E-state index contributed by atoms with van der Waals surface area (Å²) in [7, 11) is -3.90. The standard InChI is InChI=1S/C19H21N3O6S/c1-2-9-21-12-14(3-8-17(21)23)20-29(27,28)16-6-4-15(5-7-16)22-11-13(19(25)26)10-18(22)24/h3-8,12-13,20H,2,9-11H2,1H3,(H,25,26). The molecule has 29 heavy (non-hydrogen) atoms. The molecule has 0 radical (unpaired) electrons. The lowest BCUT2D eigenvalue weighted by Crippen LogP contribution is -2.25. The van der Waals surface area contributed by atoms with Gasteiger partial charge in [-0.3, -0.25) is 19.1 Å². The maximum Gasteiger partial charge on any atom is 0.308 e. The Morgan fingerprint density at radius 2 is 1.86 bits per heavy atom. The van der Waals surface area contributed by atoms with Gasteiger partial charge in [0.1, 0.15) is 0 Å². The van der Waals surface area contributed by atoms with E-state index in [-0.39, 0.29) is 35.0 Å². The molecule has 0 spiro atoms. The number of hydrogen-bond acceptors (Lipinski definition) is 5. The summed E-state index contributed by atoms with van der Waals surface area (Å²) < 4.78 is 29.1. The number of aromatic nitrogens is 1. The van der Waals surface area contributed by atoms with Crippen LogP contribution in [0.4, 0.5) is 11.4 Å². The van der Waals surface area contributed by atoms with Crippen molar-refractivity contribution in [1.82, 2.24) is 4.57 Å². The molecule has 1 aromatic carbocycles. The number of nitrogens with zero attached hydrogens (tertiary/aromatic N) is 2. The second kappa shape index (κ2) is 8.08. The van der Waals surface area contributed by atoms with Gasteiger partial charge in [0.25, 0.3) is 15.6 Å². The largest absolute Gasteiger partial charge is 0.481 e. The number of sulfonamides is 1. The summed E-state index contributed by atoms with van der Waals surface area (Å²) in [4.78, 5) is 36.2. The lowest BCUT2D eigenvalue weighted by molar-refractivity contribution is -0.141. The molecule has 2 aromatic rings. The van der Waals surface area contributed by atoms with E-state index in [0.717, 1.165) is 6.42 Å². The van der Waals surface area contributed by atoms with Crippen LogP contribution in [-0.4, -0.2) is 36.5 Å². The van der Waals surface area contributed by atoms with E-state index in [9.17, 15) is 22.8 Å². The molecule has 154 valence electrons. The Labute approximate surface area is 167 Å². The number of hydrogen-bond donors (Lipinski definition) is 2. The summed E-state index contributed by atoms with van der Waals surface area (Å²) >= 11 is 0. The maximum atomic E-state index is 12.6. The zero-order chi connectivity index (χ0) is 21.2. The second-order valence-corrected chi connectivity index (χ2v) is 8.47. The van der Waals surface area contributed by atoms with Crippen LogP contribution in [0.2, 0.25) is 0 Å². The van der Waals surface area contributed by atoms with Crippen LogP contribution in [0.1, 0.15) is 19.8 Å². The van der Waals surface area contributed by atoms with Gasteiger partial charge in [-0.25, -0.2) is 8.42 Å². The number of anilines is 2. The lowest BCUT2D eigenvalue weighted by atomic mass is 10.1. The number of amides is 1. The van der Waals surface area contributed by atoms with E-state index < -0.39 is 21.9 Å². The van der Waals surface area contributed by atoms with E-state index in [0.29, 0.717) is 12.2 Å². The van der Waals surface area contributed by atoms with E-state index in [1.54, 1.807) is 0 Å². The zero-order valence-corrected chi connectivity index (χ0v) is 16.6. The van der Waals surface area contributed by atoms with Crippen LogP contribution >= 0.6 is 0 Å². The van der Waals surface area contributed by atoms with Gasteiger partial charge in [0, 0.05) is 37.5 Å². The quantitative estimate of drug-likeness (QED) is 0.700. The molecule has 1 fully saturated rings. The summed E-state index contributed by atoms with van der Waals surface area (Å²) in [6.07, 6.45) is 2.10. The number of benzene rings is 1. The van der Waals surface area contributed by atoms with E-state index in [1.807, 2.05) is 6.92 Å². The van der Waals surface area contributed by atoms with Crippen LogP contribution in [0, 0.1) is 5.92 Å². The van der Waals surface area contributed by atoms with Gasteiger partial charge in [-0.05, 0) is 36.8 Å². The Morgan fingerprint density at radius 3 is 2.45 bits per heavy atom. The highest BCUT2D eigenvalue weighted by molar-refractivity contribution is 7.92. The number of aryl methyl sites for hydroxylation is 1. The van der Waals surface area contributed by atoms with E-state index in [2.05, 4.69) is 4.72 Å². The van der Waals surface area contributed by atoms with Crippen molar-refractivity contribution in [3.63, 3.8) is 0 Å². The maximum absolute atomic E-state index is 12.6. The molecule has 1 atom stereocenters. The number of carboxylic acids is 1. The monoisotopic (exact) mass is 419 g/mol. The summed E-state index contributed by atoms with van der Waals surface area (Å²) in [6.45, 7) is 2.44. The third-order valence-corrected chi connectivity index (χ3v) is 6.03. The first-order valence-corrected chi connectivity index (χ1v) is 10.6. The highest BCUT2D eigenvalue weighted by Crippen LogP contribution is 2.26. The van der Waals surface area contributed by atoms with Gasteiger partial charge < -0.3 is 14.6 Å². The molecule has 9 nitrogen and oxygen atoms in total. The van der Waals surface area contributed by atoms with Gasteiger partial charge in [-0.15, -0.1) is 0 Å². The first kappa shape index (κ1) is 20.6. The molecule has 1 saturated heterocycles. The third-order valence-electron chi connectivity index (χ3n) is 4.63. The fourth-order valence-corrected chi connectivity index (χ4v) is 4.19. The van der Waals surface area contributed by atoms with Crippen molar-refractivity contribution in [2.45, 2.75) is 31.2 Å². The van der Waals surface area contributed by atoms with E-state index >= 15 is 0 Å². The third kappa shape index (κ3) is 4.48. The van der Waals surface area contributed by atoms with Crippen molar-refractivity contribution in [2.24, 2.45) is 5.92 Å². The minimum atomic E-state index is -3.90. The van der Waals surface area contributed by atoms with E-state index in [4.69, 9.17) is 5.11 Å². The minimum absolute atomic E-state index is 0.0177. The molecular formula is C19H21N3O6S. The number of rotatable bonds is 7. The molecule has 2 N–H and O–H groups in total. The average Bonchev–Trinajstić information content (AvgIpc) is 3.07. The predicted molar refractivity (Wildman–Crippen MR) is 106 cm³/mol. The molecule has 2 heterocycles. The number of pyridine rings is 1. The van der Waals surface area contributed by atoms with Gasteiger partial charge in [-0.1, -0.05) is 6.92 Å². The fourth-order valence-electron chi connectivity index (χ4n) is 3.15. The molecule has 1 amide bonds. The van der Waals surface area contributed by atoms with Crippen LogP contribution in [0.5, 0.6) is 0 Å². The topological polar surface area (TPSA) is 126 Å². The molecule has 3 rings (SSSR count). The SMILES string of the molecule is CCCn1cc(NS(=O)(=O)c2ccc(N3CC(C(=O)O)CC3=O)cc2)ccc1=O. The Hall–Kier alpha value is -3.14. The summed E-state index contributed by atoms with van der Waals surface area (Å²) in [5, 5.41) is 9.07. The summed E-state index contributed by atoms with van der Waals surface area (Å²) in [5.41, 5.74) is 0.490. The predicted octanol–water partition coefficient (Wildman–Crippen LogP) is 1.50. The van der Waals surface area contributed by atoms with Gasteiger partial charge in [0.05, 0.1) is 16.5 Å². The van der Waals surface area contributed by atoms with Crippen molar-refractivity contribution >= 4 is 33.3 Å². The van der Waals surface area contributed by atoms with Crippen molar-refractivity contribution in [2.75, 3.05) is 16.2 Å². The highest BCUT2D eigenvalue weighted by Gasteiger charge is 2.35. The minimum Gasteiger partial charge on any atom is -0.481 e. The van der Waals surface area contributed by atoms with Gasteiger partial charge in [0.15, 0.2) is 0 Å². The van der Waals surface area contributed by atoms with Crippen LogP contribution in [0.15, 0.2) is 52.3 Å². The smallest absolute Gasteiger partial charge is 0.308 e. The van der Waals surface area contributed by atoms with Crippen molar-refractivity contribution in [3.8, 4) is 0 Å². The molecule has 1 aromatic heterocycles. The number of aliphatic carboxylic acids is 1. The lowest BCUT2D eigenvalue weighted by Gasteiger charge is -2.17. The van der Waals surface area contributed by atoms with Gasteiger partial charge in [0.2, 0.25) is 5.91 Å². The van der Waals surface area contributed by atoms with E-state index in [1.165, 1.54) is 52.1 Å². The summed E-state index contributed by atoms with van der Waals surface area (Å²) in [5.74, 6) is -2.12. The molecule has 1 aliphatic rings. The number of nitrogens with one attached hydrogen (secondary N) is 1. The number of carbonyl (C=O) groups excluding carboxylic acids is 1. The molecule has 0 aliphatic carbocycles.